The van der Waals surface area contributed by atoms with Crippen molar-refractivity contribution in [3.8, 4) is 0 Å². The Morgan fingerprint density at radius 2 is 0.645 bits per heavy atom. The third kappa shape index (κ3) is 17.8. The molecule has 2 atom stereocenters. The summed E-state index contributed by atoms with van der Waals surface area (Å²) in [6.07, 6.45) is 22.4. The predicted molar refractivity (Wildman–Crippen MR) is 401 cm³/mol. The number of aryl methyl sites for hydroxylation is 3. The zero-order chi connectivity index (χ0) is 63.9. The van der Waals surface area contributed by atoms with E-state index >= 15 is 0 Å². The minimum atomic E-state index is -2.99. The summed E-state index contributed by atoms with van der Waals surface area (Å²) in [5.41, 5.74) is 19.0. The van der Waals surface area contributed by atoms with Gasteiger partial charge >= 0.3 is 0 Å². The van der Waals surface area contributed by atoms with Crippen molar-refractivity contribution in [3.63, 3.8) is 0 Å². The van der Waals surface area contributed by atoms with Crippen LogP contribution in [0.5, 0.6) is 0 Å². The molecular weight excluding hydrogens is 1190 g/mol. The quantitative estimate of drug-likeness (QED) is 0.144. The second kappa shape index (κ2) is 33.5. The molecule has 0 aromatic heterocycles. The van der Waals surface area contributed by atoms with Gasteiger partial charge in [-0.25, -0.2) is 0 Å². The van der Waals surface area contributed by atoms with Crippen LogP contribution in [-0.2, 0) is 19.5 Å². The first-order chi connectivity index (χ1) is 45.7. The number of fused-ring (bicyclic) bond motifs is 9. The first-order valence-corrected chi connectivity index (χ1v) is 40.0. The summed E-state index contributed by atoms with van der Waals surface area (Å²) >= 11 is 0. The van der Waals surface area contributed by atoms with Crippen LogP contribution in [0.1, 0.15) is 131 Å². The van der Waals surface area contributed by atoms with Crippen LogP contribution < -0.4 is 48.1 Å². The summed E-state index contributed by atoms with van der Waals surface area (Å²) in [6, 6.07) is 88.6. The molecule has 0 amide bonds. The normalized spacial score (nSPS) is 20.1. The van der Waals surface area contributed by atoms with E-state index in [1.807, 2.05) is 0 Å². The smallest absolute Gasteiger partial charge is 0.224 e. The molecule has 9 aromatic rings. The fourth-order valence-electron chi connectivity index (χ4n) is 14.0. The lowest BCUT2D eigenvalue weighted by atomic mass is 9.99. The fraction of sp³-hybridized carbons (Fsp3) is 0.325. The minimum absolute atomic E-state index is 0.602. The number of hydrogen-bond acceptors (Lipinski definition) is 10. The van der Waals surface area contributed by atoms with Crippen LogP contribution in [0.15, 0.2) is 273 Å². The van der Waals surface area contributed by atoms with E-state index in [9.17, 15) is 0 Å². The van der Waals surface area contributed by atoms with Gasteiger partial charge in [-0.15, -0.1) is 0 Å². The van der Waals surface area contributed by atoms with Crippen molar-refractivity contribution in [1.29, 1.82) is 0 Å². The van der Waals surface area contributed by atoms with Gasteiger partial charge in [0.15, 0.2) is 0 Å². The van der Waals surface area contributed by atoms with Crippen LogP contribution in [0.3, 0.4) is 0 Å². The van der Waals surface area contributed by atoms with Gasteiger partial charge < -0.3 is 0 Å². The molecule has 0 aliphatic carbocycles. The first kappa shape index (κ1) is 66.9. The summed E-state index contributed by atoms with van der Waals surface area (Å²) in [6.45, 7) is 9.43. The number of benzene rings is 9. The van der Waals surface area contributed by atoms with E-state index in [4.69, 9.17) is 30.3 Å². The topological polar surface area (TPSA) is 113 Å². The molecular formula is C80H96N10P3+3. The summed E-state index contributed by atoms with van der Waals surface area (Å²) in [5.74, 6) is 0. The number of nitrogens with zero attached hydrogens (tertiary/aromatic N) is 7. The molecule has 2 aliphatic heterocycles. The fourth-order valence-corrected chi connectivity index (χ4v) is 25.9. The van der Waals surface area contributed by atoms with E-state index in [1.165, 1.54) is 107 Å². The van der Waals surface area contributed by atoms with Crippen molar-refractivity contribution in [1.82, 2.24) is 4.90 Å². The third-order valence-electron chi connectivity index (χ3n) is 18.8. The third-order valence-corrected chi connectivity index (χ3v) is 30.6. The highest BCUT2D eigenvalue weighted by atomic mass is 31.2. The molecule has 9 aromatic carbocycles. The monoisotopic (exact) mass is 1290 g/mol. The van der Waals surface area contributed by atoms with Crippen molar-refractivity contribution in [3.05, 3.63) is 270 Å². The SMILES string of the molecule is Cc1ccc2cc1NN=N[P+](c1ccccc1)(c1ccccc1)CC1(C)C[P+](c3ccccc3)(c3ccccc3)N=NNc3cccc(c3)CN(CCCCCCCCCCCCCCCCC2)Cc2ccc(C)c(c2)N/N=N\[P+](c2ccccc2)(c2ccccc2)C1. The number of hydrogen-bond donors (Lipinski definition) is 3. The molecule has 0 spiro atoms. The largest absolute Gasteiger partial charge is 0.295 e. The van der Waals surface area contributed by atoms with Gasteiger partial charge in [-0.3, -0.25) is 21.2 Å². The standard InChI is InChI=1S/C80H96N10P3/c1-66-53-55-68-38-23-15-13-11-9-7-5-4-6-8-10-12-14-16-36-57-90-61-69-39-37-40-71(58-69)81-84-87-91(72-41-24-17-25-42-72,73-43-26-18-27-44-73)63-80(3,64-92(74-45-28-19-29-46-74,75-47-30-20-31-48-75)88-85-82-78(66)59-68)65-93(76-49-32-21-33-50-76,77-51-34-22-35-52-77)89-86-83-79-60-70(62-90)56-54-67(79)2/h17-22,24-35,37,39-56,58-60H,4-16,23,36,38,57,61-65H2,1-3H3,(H,81,87)(H,82,88)(H,83,89)/q+3. The maximum absolute atomic E-state index is 5.92. The maximum atomic E-state index is 5.92. The molecule has 11 rings (SSSR count). The molecule has 2 unspecified atom stereocenters. The van der Waals surface area contributed by atoms with Crippen molar-refractivity contribution in [2.45, 2.75) is 137 Å². The summed E-state index contributed by atoms with van der Waals surface area (Å²) in [5, 5.41) is 22.7. The molecule has 0 radical (unpaired) electrons. The van der Waals surface area contributed by atoms with Crippen LogP contribution in [0, 0.1) is 19.3 Å². The highest BCUT2D eigenvalue weighted by molar-refractivity contribution is 7.90. The number of anilines is 3. The Labute approximate surface area is 556 Å². The van der Waals surface area contributed by atoms with Gasteiger partial charge in [0.1, 0.15) is 50.3 Å². The molecule has 2 aliphatic rings. The Kier molecular flexibility index (Phi) is 24.1. The van der Waals surface area contributed by atoms with Gasteiger partial charge in [-0.05, 0) is 187 Å². The van der Waals surface area contributed by atoms with Crippen molar-refractivity contribution in [2.75, 3.05) is 41.3 Å². The highest BCUT2D eigenvalue weighted by Gasteiger charge is 2.63. The molecule has 10 nitrogen and oxygen atoms in total. The van der Waals surface area contributed by atoms with Gasteiger partial charge in [0.05, 0.1) is 22.5 Å². The van der Waals surface area contributed by atoms with Gasteiger partial charge in [0, 0.05) is 27.7 Å². The zero-order valence-corrected chi connectivity index (χ0v) is 57.8. The molecule has 0 saturated carbocycles. The van der Waals surface area contributed by atoms with Gasteiger partial charge in [0.25, 0.3) is 0 Å². The van der Waals surface area contributed by atoms with E-state index in [0.29, 0.717) is 18.5 Å². The average Bonchev–Trinajstić information content (AvgIpc) is 0.739. The lowest BCUT2D eigenvalue weighted by Gasteiger charge is -2.37. The Hall–Kier alpha value is -7.57. The maximum Gasteiger partial charge on any atom is 0.224 e. The molecule has 3 N–H and O–H groups in total. The Balaban J connectivity index is 1.14. The molecule has 13 heteroatoms. The summed E-state index contributed by atoms with van der Waals surface area (Å²) in [4.78, 5) is 20.3. The predicted octanol–water partition coefficient (Wildman–Crippen LogP) is 20.5. The molecule has 8 bridgehead atoms. The summed E-state index contributed by atoms with van der Waals surface area (Å²) in [7, 11) is -8.96. The van der Waals surface area contributed by atoms with Crippen LogP contribution in [0.4, 0.5) is 17.1 Å². The molecule has 93 heavy (non-hydrogen) atoms. The van der Waals surface area contributed by atoms with Crippen molar-refractivity contribution >= 4 is 71.1 Å². The van der Waals surface area contributed by atoms with Crippen LogP contribution >= 0.6 is 22.2 Å². The number of nitrogens with one attached hydrogen (secondary N) is 3. The Morgan fingerprint density at radius 1 is 0.323 bits per heavy atom. The lowest BCUT2D eigenvalue weighted by Crippen LogP contribution is -2.43. The van der Waals surface area contributed by atoms with E-state index < -0.39 is 27.7 Å². The Morgan fingerprint density at radius 3 is 1.03 bits per heavy atom. The van der Waals surface area contributed by atoms with Crippen molar-refractivity contribution < 1.29 is 0 Å². The van der Waals surface area contributed by atoms with E-state index in [-0.39, 0.29) is 0 Å². The van der Waals surface area contributed by atoms with E-state index in [2.05, 4.69) is 285 Å². The lowest BCUT2D eigenvalue weighted by molar-refractivity contribution is 0.250. The van der Waals surface area contributed by atoms with Gasteiger partial charge in [0.2, 0.25) is 22.2 Å². The number of rotatable bonds is 6. The van der Waals surface area contributed by atoms with Crippen LogP contribution in [-0.4, -0.2) is 29.9 Å². The van der Waals surface area contributed by atoms with E-state index in [0.717, 1.165) is 92.5 Å². The van der Waals surface area contributed by atoms with Crippen LogP contribution in [0.2, 0.25) is 0 Å². The Bertz CT molecular complexity index is 3700. The zero-order valence-electron chi connectivity index (χ0n) is 55.1. The molecule has 478 valence electrons. The minimum Gasteiger partial charge on any atom is -0.295 e. The second-order valence-electron chi connectivity index (χ2n) is 26.3. The molecule has 0 fully saturated rings. The van der Waals surface area contributed by atoms with E-state index in [1.54, 1.807) is 0 Å². The van der Waals surface area contributed by atoms with Gasteiger partial charge in [-0.1, -0.05) is 229 Å². The molecule has 0 saturated heterocycles. The first-order valence-electron chi connectivity index (χ1n) is 34.2. The highest BCUT2D eigenvalue weighted by Crippen LogP contribution is 2.72. The van der Waals surface area contributed by atoms with Gasteiger partial charge in [-0.2, -0.15) is 0 Å². The van der Waals surface area contributed by atoms with Crippen LogP contribution in [0.25, 0.3) is 0 Å². The molecule has 2 heterocycles. The summed E-state index contributed by atoms with van der Waals surface area (Å²) < 4.78 is 0. The second-order valence-corrected chi connectivity index (χ2v) is 35.5. The van der Waals surface area contributed by atoms with Crippen molar-refractivity contribution in [2.24, 2.45) is 35.7 Å². The average molecular weight is 1290 g/mol.